The number of carbonyl (C=O) groups is 1. The summed E-state index contributed by atoms with van der Waals surface area (Å²) >= 11 is 0. The van der Waals surface area contributed by atoms with Crippen LogP contribution in [0, 0.1) is 20.8 Å². The minimum Gasteiger partial charge on any atom is -0.345 e. The Balaban J connectivity index is 1.92. The summed E-state index contributed by atoms with van der Waals surface area (Å²) < 4.78 is 0. The Morgan fingerprint density at radius 1 is 0.821 bits per heavy atom. The molecule has 0 aliphatic rings. The van der Waals surface area contributed by atoms with Crippen molar-refractivity contribution in [2.45, 2.75) is 33.7 Å². The van der Waals surface area contributed by atoms with E-state index in [1.807, 2.05) is 73.7 Å². The topological polar surface area (TPSA) is 29.1 Å². The molecule has 0 bridgehead atoms. The Labute approximate surface area is 167 Å². The summed E-state index contributed by atoms with van der Waals surface area (Å²) in [7, 11) is 0. The van der Waals surface area contributed by atoms with Crippen molar-refractivity contribution in [3.8, 4) is 0 Å². The predicted octanol–water partition coefficient (Wildman–Crippen LogP) is 6.03. The Morgan fingerprint density at radius 3 is 2.04 bits per heavy atom. The lowest BCUT2D eigenvalue weighted by atomic mass is 9.96. The van der Waals surface area contributed by atoms with Gasteiger partial charge in [-0.15, -0.1) is 0 Å². The first-order valence-corrected chi connectivity index (χ1v) is 9.66. The second-order valence-electron chi connectivity index (χ2n) is 7.32. The number of amides is 1. The molecule has 0 aliphatic heterocycles. The number of rotatable bonds is 5. The van der Waals surface area contributed by atoms with E-state index < -0.39 is 0 Å². The van der Waals surface area contributed by atoms with Gasteiger partial charge in [0.15, 0.2) is 0 Å². The molecular weight excluding hydrogens is 342 g/mol. The monoisotopic (exact) mass is 369 g/mol. The van der Waals surface area contributed by atoms with Crippen molar-refractivity contribution in [3.63, 3.8) is 0 Å². The zero-order chi connectivity index (χ0) is 20.1. The first-order valence-electron chi connectivity index (χ1n) is 9.66. The molecule has 3 aromatic carbocycles. The van der Waals surface area contributed by atoms with Crippen molar-refractivity contribution >= 4 is 17.6 Å². The van der Waals surface area contributed by atoms with Crippen molar-refractivity contribution in [3.05, 3.63) is 106 Å². The lowest BCUT2D eigenvalue weighted by molar-refractivity contribution is -0.116. The number of benzene rings is 3. The normalized spacial score (nSPS) is 12.5. The molecule has 0 fully saturated rings. The van der Waals surface area contributed by atoms with E-state index in [2.05, 4.69) is 38.2 Å². The van der Waals surface area contributed by atoms with Crippen LogP contribution in [0.5, 0.6) is 0 Å². The zero-order valence-corrected chi connectivity index (χ0v) is 17.0. The molecule has 2 heteroatoms. The molecule has 1 atom stereocenters. The molecule has 28 heavy (non-hydrogen) atoms. The molecule has 2 nitrogen and oxygen atoms in total. The third-order valence-corrected chi connectivity index (χ3v) is 5.14. The fourth-order valence-corrected chi connectivity index (χ4v) is 3.42. The summed E-state index contributed by atoms with van der Waals surface area (Å²) in [5, 5.41) is 3.20. The van der Waals surface area contributed by atoms with Gasteiger partial charge in [0.2, 0.25) is 0 Å². The second-order valence-corrected chi connectivity index (χ2v) is 7.32. The van der Waals surface area contributed by atoms with Gasteiger partial charge in [-0.25, -0.2) is 0 Å². The molecule has 3 rings (SSSR count). The van der Waals surface area contributed by atoms with Crippen molar-refractivity contribution in [1.82, 2.24) is 5.32 Å². The van der Waals surface area contributed by atoms with E-state index in [1.54, 1.807) is 0 Å². The predicted molar refractivity (Wildman–Crippen MR) is 118 cm³/mol. The molecule has 0 saturated carbocycles. The van der Waals surface area contributed by atoms with E-state index in [1.165, 1.54) is 16.7 Å². The molecule has 0 saturated heterocycles. The molecule has 0 radical (unpaired) electrons. The molecule has 1 N–H and O–H groups in total. The van der Waals surface area contributed by atoms with Crippen molar-refractivity contribution < 1.29 is 4.79 Å². The number of nitrogens with one attached hydrogen (secondary N) is 1. The van der Waals surface area contributed by atoms with E-state index in [4.69, 9.17) is 0 Å². The van der Waals surface area contributed by atoms with Crippen LogP contribution in [0.3, 0.4) is 0 Å². The van der Waals surface area contributed by atoms with Crippen LogP contribution < -0.4 is 5.32 Å². The lowest BCUT2D eigenvalue weighted by Crippen LogP contribution is -2.28. The van der Waals surface area contributed by atoms with Gasteiger partial charge in [0, 0.05) is 5.57 Å². The molecule has 0 aromatic heterocycles. The maximum atomic E-state index is 13.2. The van der Waals surface area contributed by atoms with Crippen LogP contribution in [0.4, 0.5) is 0 Å². The SMILES string of the molecule is Cc1cc(C)c(C(C)NC(=O)/C(=C/c2ccccc2)c2ccccc2)cc1C. The van der Waals surface area contributed by atoms with E-state index in [0.717, 1.165) is 16.7 Å². The van der Waals surface area contributed by atoms with Crippen molar-refractivity contribution in [2.75, 3.05) is 0 Å². The van der Waals surface area contributed by atoms with Gasteiger partial charge in [0.05, 0.1) is 6.04 Å². The minimum atomic E-state index is -0.0744. The summed E-state index contributed by atoms with van der Waals surface area (Å²) in [6.45, 7) is 8.37. The maximum Gasteiger partial charge on any atom is 0.252 e. The Bertz CT molecular complexity index is 988. The average molecular weight is 370 g/mol. The third kappa shape index (κ3) is 4.58. The fourth-order valence-electron chi connectivity index (χ4n) is 3.42. The number of hydrogen-bond acceptors (Lipinski definition) is 1. The second kappa shape index (κ2) is 8.71. The summed E-state index contributed by atoms with van der Waals surface area (Å²) in [6, 6.07) is 24.1. The molecule has 3 aromatic rings. The Morgan fingerprint density at radius 2 is 1.39 bits per heavy atom. The van der Waals surface area contributed by atoms with E-state index in [9.17, 15) is 4.79 Å². The summed E-state index contributed by atoms with van der Waals surface area (Å²) in [6.07, 6.45) is 1.95. The Hall–Kier alpha value is -3.13. The summed E-state index contributed by atoms with van der Waals surface area (Å²) in [5.74, 6) is -0.0693. The lowest BCUT2D eigenvalue weighted by Gasteiger charge is -2.19. The van der Waals surface area contributed by atoms with Crippen LogP contribution in [0.25, 0.3) is 11.6 Å². The van der Waals surface area contributed by atoms with Crippen molar-refractivity contribution in [2.24, 2.45) is 0 Å². The number of hydrogen-bond donors (Lipinski definition) is 1. The molecule has 1 amide bonds. The third-order valence-electron chi connectivity index (χ3n) is 5.14. The van der Waals surface area contributed by atoms with Gasteiger partial charge >= 0.3 is 0 Å². The van der Waals surface area contributed by atoms with Crippen LogP contribution in [0.1, 0.15) is 46.3 Å². The highest BCUT2D eigenvalue weighted by Crippen LogP contribution is 2.24. The quantitative estimate of drug-likeness (QED) is 0.432. The summed E-state index contributed by atoms with van der Waals surface area (Å²) in [4.78, 5) is 13.2. The maximum absolute atomic E-state index is 13.2. The van der Waals surface area contributed by atoms with Gasteiger partial charge in [0.25, 0.3) is 5.91 Å². The van der Waals surface area contributed by atoms with Crippen LogP contribution in [0.15, 0.2) is 72.8 Å². The van der Waals surface area contributed by atoms with Crippen molar-refractivity contribution in [1.29, 1.82) is 0 Å². The first-order chi connectivity index (χ1) is 13.5. The van der Waals surface area contributed by atoms with Crippen LogP contribution in [-0.4, -0.2) is 5.91 Å². The van der Waals surface area contributed by atoms with Gasteiger partial charge in [-0.1, -0.05) is 72.8 Å². The molecule has 0 spiro atoms. The highest BCUT2D eigenvalue weighted by molar-refractivity contribution is 6.24. The minimum absolute atomic E-state index is 0.0693. The van der Waals surface area contributed by atoms with E-state index >= 15 is 0 Å². The zero-order valence-electron chi connectivity index (χ0n) is 17.0. The molecule has 142 valence electrons. The van der Waals surface area contributed by atoms with Crippen LogP contribution >= 0.6 is 0 Å². The smallest absolute Gasteiger partial charge is 0.252 e. The van der Waals surface area contributed by atoms with E-state index in [-0.39, 0.29) is 11.9 Å². The van der Waals surface area contributed by atoms with Gasteiger partial charge in [-0.2, -0.15) is 0 Å². The largest absolute Gasteiger partial charge is 0.345 e. The highest BCUT2D eigenvalue weighted by Gasteiger charge is 2.17. The fraction of sp³-hybridized carbons (Fsp3) is 0.192. The van der Waals surface area contributed by atoms with Crippen LogP contribution in [0.2, 0.25) is 0 Å². The van der Waals surface area contributed by atoms with Gasteiger partial charge in [0.1, 0.15) is 0 Å². The first kappa shape index (κ1) is 19.6. The molecule has 0 aliphatic carbocycles. The molecular formula is C26H27NO. The summed E-state index contributed by atoms with van der Waals surface area (Å²) in [5.41, 5.74) is 7.45. The number of aryl methyl sites for hydroxylation is 3. The number of carbonyl (C=O) groups excluding carboxylic acids is 1. The average Bonchev–Trinajstić information content (AvgIpc) is 2.70. The van der Waals surface area contributed by atoms with Gasteiger partial charge < -0.3 is 5.32 Å². The molecule has 0 heterocycles. The van der Waals surface area contributed by atoms with Gasteiger partial charge in [-0.3, -0.25) is 4.79 Å². The molecule has 1 unspecified atom stereocenters. The Kier molecular flexibility index (Phi) is 6.10. The highest BCUT2D eigenvalue weighted by atomic mass is 16.1. The van der Waals surface area contributed by atoms with Gasteiger partial charge in [-0.05, 0) is 67.2 Å². The standard InChI is InChI=1S/C26H27NO/c1-18-15-20(3)24(16-19(18)2)21(4)27-26(28)25(23-13-9-6-10-14-23)17-22-11-7-5-8-12-22/h5-17,21H,1-4H3,(H,27,28)/b25-17+. The van der Waals surface area contributed by atoms with E-state index in [0.29, 0.717) is 5.57 Å². The van der Waals surface area contributed by atoms with Crippen LogP contribution in [-0.2, 0) is 4.79 Å².